The molecule has 164 valence electrons. The van der Waals surface area contributed by atoms with Crippen molar-refractivity contribution < 1.29 is 13.9 Å². The topological polar surface area (TPSA) is 80.5 Å². The second kappa shape index (κ2) is 8.63. The van der Waals surface area contributed by atoms with E-state index in [1.54, 1.807) is 25.2 Å². The van der Waals surface area contributed by atoms with Crippen LogP contribution >= 0.6 is 0 Å². The largest absolute Gasteiger partial charge is 0.457 e. The number of oxazole rings is 1. The first-order chi connectivity index (χ1) is 16.1. The summed E-state index contributed by atoms with van der Waals surface area (Å²) >= 11 is 0. The van der Waals surface area contributed by atoms with E-state index in [1.165, 1.54) is 11.6 Å². The van der Waals surface area contributed by atoms with Crippen LogP contribution in [0.4, 0.5) is 11.7 Å². The Morgan fingerprint density at radius 1 is 1.00 bits per heavy atom. The van der Waals surface area contributed by atoms with Gasteiger partial charge in [-0.05, 0) is 48.0 Å². The minimum absolute atomic E-state index is 0.274. The third kappa shape index (κ3) is 4.08. The van der Waals surface area contributed by atoms with Crippen LogP contribution in [0.5, 0.6) is 11.5 Å². The van der Waals surface area contributed by atoms with Gasteiger partial charge in [0, 0.05) is 37.6 Å². The van der Waals surface area contributed by atoms with E-state index < -0.39 is 0 Å². The van der Waals surface area contributed by atoms with Crippen LogP contribution in [0.1, 0.15) is 17.4 Å². The van der Waals surface area contributed by atoms with Gasteiger partial charge in [-0.15, -0.1) is 0 Å². The highest BCUT2D eigenvalue weighted by Crippen LogP contribution is 2.32. The number of fused-ring (bicyclic) bond motifs is 2. The number of hydrogen-bond acceptors (Lipinski definition) is 6. The Hall–Kier alpha value is -4.39. The van der Waals surface area contributed by atoms with Crippen molar-refractivity contribution in [1.29, 1.82) is 0 Å². The zero-order chi connectivity index (χ0) is 22.8. The maximum atomic E-state index is 11.8. The van der Waals surface area contributed by atoms with Gasteiger partial charge in [-0.1, -0.05) is 30.3 Å². The fraction of sp³-hybridized carbons (Fsp3) is 0.115. The lowest BCUT2D eigenvalue weighted by Gasteiger charge is -2.19. The molecule has 7 heteroatoms. The second-order valence-electron chi connectivity index (χ2n) is 7.46. The lowest BCUT2D eigenvalue weighted by atomic mass is 10.1. The molecule has 0 aliphatic carbocycles. The highest BCUT2D eigenvalue weighted by molar-refractivity contribution is 5.92. The monoisotopic (exact) mass is 438 g/mol. The number of hydrogen-bond donors (Lipinski definition) is 1. The highest BCUT2D eigenvalue weighted by Gasteiger charge is 2.16. The summed E-state index contributed by atoms with van der Waals surface area (Å²) in [5.74, 6) is 0.811. The number of carbonyl (C=O) groups excluding carboxylic acids is 1. The van der Waals surface area contributed by atoms with Crippen LogP contribution in [-0.2, 0) is 0 Å². The molecule has 33 heavy (non-hydrogen) atoms. The molecule has 7 nitrogen and oxygen atoms in total. The number of aromatic nitrogens is 2. The van der Waals surface area contributed by atoms with E-state index in [9.17, 15) is 4.79 Å². The molecule has 0 saturated carbocycles. The van der Waals surface area contributed by atoms with Gasteiger partial charge < -0.3 is 14.5 Å². The molecule has 0 radical (unpaired) electrons. The lowest BCUT2D eigenvalue weighted by molar-refractivity contribution is 0.0958. The molecule has 5 rings (SSSR count). The average Bonchev–Trinajstić information content (AvgIpc) is 3.27. The summed E-state index contributed by atoms with van der Waals surface area (Å²) in [4.78, 5) is 22.6. The predicted octanol–water partition coefficient (Wildman–Crippen LogP) is 5.69. The highest BCUT2D eigenvalue weighted by atomic mass is 16.5. The van der Waals surface area contributed by atoms with Crippen molar-refractivity contribution in [3.05, 3.63) is 84.7 Å². The molecule has 2 heterocycles. The number of amides is 1. The summed E-state index contributed by atoms with van der Waals surface area (Å²) in [6.45, 7) is 2.76. The van der Waals surface area contributed by atoms with Crippen LogP contribution in [0.3, 0.4) is 0 Å². The zero-order valence-electron chi connectivity index (χ0n) is 18.3. The van der Waals surface area contributed by atoms with Gasteiger partial charge >= 0.3 is 6.01 Å². The number of anilines is 2. The van der Waals surface area contributed by atoms with E-state index in [4.69, 9.17) is 9.15 Å². The van der Waals surface area contributed by atoms with Crippen molar-refractivity contribution in [2.75, 3.05) is 18.5 Å². The number of nitrogens with zero attached hydrogens (tertiary/aromatic N) is 3. The molecule has 0 fully saturated rings. The van der Waals surface area contributed by atoms with Crippen molar-refractivity contribution in [3.8, 4) is 11.5 Å². The fourth-order valence-corrected chi connectivity index (χ4v) is 3.71. The first kappa shape index (κ1) is 20.5. The Labute approximate surface area is 190 Å². The number of rotatable bonds is 6. The van der Waals surface area contributed by atoms with E-state index in [0.717, 1.165) is 16.6 Å². The molecule has 0 saturated heterocycles. The van der Waals surface area contributed by atoms with Crippen LogP contribution in [-0.4, -0.2) is 29.5 Å². The normalized spacial score (nSPS) is 11.0. The minimum Gasteiger partial charge on any atom is -0.457 e. The second-order valence-corrected chi connectivity index (χ2v) is 7.46. The molecule has 0 aliphatic heterocycles. The molecule has 0 aliphatic rings. The SMILES string of the molecule is CCN(c1ccc2ccccc2c1)c1nc2ccc(Oc3ccnc(C(=O)NC)c3)cc2o1. The third-order valence-electron chi connectivity index (χ3n) is 5.37. The molecule has 0 unspecified atom stereocenters. The van der Waals surface area contributed by atoms with E-state index in [-0.39, 0.29) is 11.6 Å². The van der Waals surface area contributed by atoms with E-state index in [2.05, 4.69) is 52.5 Å². The fourth-order valence-electron chi connectivity index (χ4n) is 3.71. The standard InChI is InChI=1S/C26H22N4O3/c1-3-30(19-9-8-17-6-4-5-7-18(17)14-19)26-29-22-11-10-20(16-24(22)33-26)32-21-12-13-28-23(15-21)25(31)27-2/h4-16H,3H2,1-2H3,(H,27,31). The minimum atomic E-state index is -0.274. The van der Waals surface area contributed by atoms with Crippen LogP contribution in [0, 0.1) is 0 Å². The van der Waals surface area contributed by atoms with Crippen molar-refractivity contribution in [3.63, 3.8) is 0 Å². The van der Waals surface area contributed by atoms with Gasteiger partial charge in [0.1, 0.15) is 22.7 Å². The van der Waals surface area contributed by atoms with Crippen LogP contribution in [0.15, 0.2) is 83.4 Å². The molecule has 1 amide bonds. The molecule has 3 aromatic carbocycles. The molecule has 1 N–H and O–H groups in total. The van der Waals surface area contributed by atoms with Crippen LogP contribution in [0.2, 0.25) is 0 Å². The zero-order valence-corrected chi connectivity index (χ0v) is 18.3. The maximum Gasteiger partial charge on any atom is 0.302 e. The van der Waals surface area contributed by atoms with Gasteiger partial charge in [0.05, 0.1) is 0 Å². The summed E-state index contributed by atoms with van der Waals surface area (Å²) in [5.41, 5.74) is 2.64. The molecule has 5 aromatic rings. The van der Waals surface area contributed by atoms with E-state index in [0.29, 0.717) is 29.6 Å². The summed E-state index contributed by atoms with van der Waals surface area (Å²) < 4.78 is 12.0. The Bertz CT molecular complexity index is 1460. The number of benzene rings is 3. The van der Waals surface area contributed by atoms with E-state index >= 15 is 0 Å². The van der Waals surface area contributed by atoms with E-state index in [1.807, 2.05) is 29.2 Å². The Kier molecular flexibility index (Phi) is 5.36. The predicted molar refractivity (Wildman–Crippen MR) is 128 cm³/mol. The molecular weight excluding hydrogens is 416 g/mol. The van der Waals surface area contributed by atoms with Gasteiger partial charge in [0.25, 0.3) is 5.91 Å². The Morgan fingerprint density at radius 2 is 1.82 bits per heavy atom. The van der Waals surface area contributed by atoms with Crippen molar-refractivity contribution in [1.82, 2.24) is 15.3 Å². The van der Waals surface area contributed by atoms with Gasteiger partial charge in [-0.25, -0.2) is 0 Å². The number of pyridine rings is 1. The van der Waals surface area contributed by atoms with Crippen molar-refractivity contribution in [2.24, 2.45) is 0 Å². The molecular formula is C26H22N4O3. The molecule has 0 spiro atoms. The summed E-state index contributed by atoms with van der Waals surface area (Å²) in [7, 11) is 1.56. The average molecular weight is 438 g/mol. The van der Waals surface area contributed by atoms with Crippen LogP contribution in [0.25, 0.3) is 21.9 Å². The van der Waals surface area contributed by atoms with Crippen LogP contribution < -0.4 is 15.0 Å². The third-order valence-corrected chi connectivity index (χ3v) is 5.37. The van der Waals surface area contributed by atoms with Gasteiger partial charge in [0.2, 0.25) is 0 Å². The number of ether oxygens (including phenoxy) is 1. The van der Waals surface area contributed by atoms with Gasteiger partial charge in [-0.3, -0.25) is 14.7 Å². The maximum absolute atomic E-state index is 11.8. The molecule has 2 aromatic heterocycles. The van der Waals surface area contributed by atoms with Crippen molar-refractivity contribution >= 4 is 39.5 Å². The number of carbonyl (C=O) groups is 1. The quantitative estimate of drug-likeness (QED) is 0.367. The lowest BCUT2D eigenvalue weighted by Crippen LogP contribution is -2.18. The molecule has 0 atom stereocenters. The van der Waals surface area contributed by atoms with Gasteiger partial charge in [0.15, 0.2) is 5.58 Å². The number of nitrogens with one attached hydrogen (secondary N) is 1. The Balaban J connectivity index is 1.44. The molecule has 0 bridgehead atoms. The summed E-state index contributed by atoms with van der Waals surface area (Å²) in [6.07, 6.45) is 1.54. The summed E-state index contributed by atoms with van der Waals surface area (Å²) in [6, 6.07) is 23.8. The summed E-state index contributed by atoms with van der Waals surface area (Å²) in [5, 5.41) is 4.90. The smallest absolute Gasteiger partial charge is 0.302 e. The van der Waals surface area contributed by atoms with Crippen molar-refractivity contribution in [2.45, 2.75) is 6.92 Å². The Morgan fingerprint density at radius 3 is 2.64 bits per heavy atom. The van der Waals surface area contributed by atoms with Gasteiger partial charge in [-0.2, -0.15) is 4.98 Å². The first-order valence-electron chi connectivity index (χ1n) is 10.7. The first-order valence-corrected chi connectivity index (χ1v) is 10.7.